The van der Waals surface area contributed by atoms with Crippen molar-refractivity contribution in [1.29, 1.82) is 0 Å². The van der Waals surface area contributed by atoms with E-state index in [9.17, 15) is 0 Å². The number of hydrogen-bond acceptors (Lipinski definition) is 4. The van der Waals surface area contributed by atoms with Crippen LogP contribution < -0.4 is 0 Å². The lowest BCUT2D eigenvalue weighted by atomic mass is 10.0. The molecule has 1 N–H and O–H groups in total. The van der Waals surface area contributed by atoms with Gasteiger partial charge in [-0.25, -0.2) is 0 Å². The van der Waals surface area contributed by atoms with Crippen molar-refractivity contribution in [2.75, 3.05) is 6.61 Å². The lowest BCUT2D eigenvalue weighted by Gasteiger charge is -2.04. The summed E-state index contributed by atoms with van der Waals surface area (Å²) in [7, 11) is 0. The zero-order chi connectivity index (χ0) is 18.4. The molecule has 0 atom stereocenters. The fourth-order valence-corrected chi connectivity index (χ4v) is 2.97. The Hall–Kier alpha value is -2.46. The second kappa shape index (κ2) is 8.77. The number of unbranched alkanes of at least 4 members (excludes halogenated alkanes) is 1. The topological polar surface area (TPSA) is 59.2 Å². The Bertz CT molecular complexity index is 805. The summed E-state index contributed by atoms with van der Waals surface area (Å²) in [5.74, 6) is 1.79. The van der Waals surface area contributed by atoms with Gasteiger partial charge in [0.15, 0.2) is 0 Å². The summed E-state index contributed by atoms with van der Waals surface area (Å²) >= 11 is 0. The van der Waals surface area contributed by atoms with E-state index in [1.54, 1.807) is 0 Å². The van der Waals surface area contributed by atoms with Crippen molar-refractivity contribution < 1.29 is 9.63 Å². The molecule has 1 aromatic heterocycles. The Morgan fingerprint density at radius 3 is 2.19 bits per heavy atom. The minimum absolute atomic E-state index is 0.252. The Balaban J connectivity index is 1.69. The zero-order valence-corrected chi connectivity index (χ0v) is 15.5. The fraction of sp³-hybridized carbons (Fsp3) is 0.364. The third-order valence-electron chi connectivity index (χ3n) is 4.36. The second-order valence-electron chi connectivity index (χ2n) is 7.10. The third kappa shape index (κ3) is 4.79. The smallest absolute Gasteiger partial charge is 0.258 e. The van der Waals surface area contributed by atoms with Crippen LogP contribution in [0.15, 0.2) is 53.1 Å². The monoisotopic (exact) mass is 350 g/mol. The van der Waals surface area contributed by atoms with Gasteiger partial charge in [0.05, 0.1) is 0 Å². The van der Waals surface area contributed by atoms with Crippen molar-refractivity contribution in [3.05, 3.63) is 59.7 Å². The molecule has 0 spiro atoms. The SMILES string of the molecule is CC(C)Cc1ccc(-c2nc(-c3ccc(CCCCO)cc3)no2)cc1. The van der Waals surface area contributed by atoms with Crippen LogP contribution in [-0.4, -0.2) is 21.9 Å². The highest BCUT2D eigenvalue weighted by atomic mass is 16.5. The van der Waals surface area contributed by atoms with Gasteiger partial charge in [0.2, 0.25) is 5.82 Å². The molecule has 0 unspecified atom stereocenters. The van der Waals surface area contributed by atoms with Crippen LogP contribution in [0.1, 0.15) is 37.8 Å². The summed E-state index contributed by atoms with van der Waals surface area (Å²) in [6.45, 7) is 4.69. The number of nitrogens with zero attached hydrogens (tertiary/aromatic N) is 2. The van der Waals surface area contributed by atoms with E-state index in [1.165, 1.54) is 11.1 Å². The van der Waals surface area contributed by atoms with Gasteiger partial charge >= 0.3 is 0 Å². The largest absolute Gasteiger partial charge is 0.396 e. The molecule has 4 heteroatoms. The van der Waals surface area contributed by atoms with Gasteiger partial charge < -0.3 is 9.63 Å². The molecule has 0 fully saturated rings. The summed E-state index contributed by atoms with van der Waals surface area (Å²) in [6, 6.07) is 16.6. The first kappa shape index (κ1) is 18.3. The van der Waals surface area contributed by atoms with E-state index in [2.05, 4.69) is 48.3 Å². The Kier molecular flexibility index (Phi) is 6.18. The summed E-state index contributed by atoms with van der Waals surface area (Å²) in [5.41, 5.74) is 4.46. The first-order valence-corrected chi connectivity index (χ1v) is 9.29. The Morgan fingerprint density at radius 1 is 0.885 bits per heavy atom. The van der Waals surface area contributed by atoms with Crippen LogP contribution in [0.25, 0.3) is 22.8 Å². The number of benzene rings is 2. The van der Waals surface area contributed by atoms with Crippen molar-refractivity contribution in [1.82, 2.24) is 10.1 Å². The summed E-state index contributed by atoms with van der Waals surface area (Å²) in [6.07, 6.45) is 3.88. The number of aliphatic hydroxyl groups is 1. The Labute approximate surface area is 154 Å². The van der Waals surface area contributed by atoms with Gasteiger partial charge in [-0.15, -0.1) is 0 Å². The maximum Gasteiger partial charge on any atom is 0.258 e. The van der Waals surface area contributed by atoms with E-state index in [0.717, 1.165) is 36.8 Å². The van der Waals surface area contributed by atoms with Crippen LogP contribution >= 0.6 is 0 Å². The summed E-state index contributed by atoms with van der Waals surface area (Å²) in [4.78, 5) is 4.54. The van der Waals surface area contributed by atoms with E-state index >= 15 is 0 Å². The molecule has 0 aliphatic rings. The maximum atomic E-state index is 8.86. The lowest BCUT2D eigenvalue weighted by molar-refractivity contribution is 0.284. The number of aromatic nitrogens is 2. The fourth-order valence-electron chi connectivity index (χ4n) is 2.97. The molecule has 0 bridgehead atoms. The lowest BCUT2D eigenvalue weighted by Crippen LogP contribution is -1.93. The molecule has 0 saturated heterocycles. The van der Waals surface area contributed by atoms with Crippen molar-refractivity contribution in [2.24, 2.45) is 5.92 Å². The highest BCUT2D eigenvalue weighted by Crippen LogP contribution is 2.23. The second-order valence-corrected chi connectivity index (χ2v) is 7.10. The van der Waals surface area contributed by atoms with Crippen LogP contribution in [-0.2, 0) is 12.8 Å². The highest BCUT2D eigenvalue weighted by molar-refractivity contribution is 5.60. The van der Waals surface area contributed by atoms with E-state index in [1.807, 2.05) is 24.3 Å². The van der Waals surface area contributed by atoms with E-state index < -0.39 is 0 Å². The molecule has 1 heterocycles. The molecule has 0 saturated carbocycles. The quantitative estimate of drug-likeness (QED) is 0.586. The number of aliphatic hydroxyl groups excluding tert-OH is 1. The molecule has 0 amide bonds. The predicted octanol–water partition coefficient (Wildman–Crippen LogP) is 4.92. The van der Waals surface area contributed by atoms with Crippen LogP contribution in [0.2, 0.25) is 0 Å². The average molecular weight is 350 g/mol. The van der Waals surface area contributed by atoms with Gasteiger partial charge in [-0.2, -0.15) is 4.98 Å². The van der Waals surface area contributed by atoms with Gasteiger partial charge in [0.25, 0.3) is 5.89 Å². The van der Waals surface area contributed by atoms with Gasteiger partial charge in [0, 0.05) is 17.7 Å². The first-order valence-electron chi connectivity index (χ1n) is 9.29. The van der Waals surface area contributed by atoms with E-state index in [-0.39, 0.29) is 6.61 Å². The molecule has 2 aromatic carbocycles. The van der Waals surface area contributed by atoms with Crippen molar-refractivity contribution in [3.63, 3.8) is 0 Å². The highest BCUT2D eigenvalue weighted by Gasteiger charge is 2.11. The number of hydrogen-bond donors (Lipinski definition) is 1. The third-order valence-corrected chi connectivity index (χ3v) is 4.36. The molecule has 3 aromatic rings. The van der Waals surface area contributed by atoms with Gasteiger partial charge in [-0.1, -0.05) is 55.4 Å². The minimum Gasteiger partial charge on any atom is -0.396 e. The zero-order valence-electron chi connectivity index (χ0n) is 15.5. The van der Waals surface area contributed by atoms with Crippen LogP contribution in [0.3, 0.4) is 0 Å². The summed E-state index contributed by atoms with van der Waals surface area (Å²) in [5, 5.41) is 13.0. The molecule has 26 heavy (non-hydrogen) atoms. The minimum atomic E-state index is 0.252. The molecular weight excluding hydrogens is 324 g/mol. The normalized spacial score (nSPS) is 11.2. The molecule has 0 radical (unpaired) electrons. The molecule has 4 nitrogen and oxygen atoms in total. The van der Waals surface area contributed by atoms with E-state index in [4.69, 9.17) is 9.63 Å². The van der Waals surface area contributed by atoms with Gasteiger partial charge in [0.1, 0.15) is 0 Å². The van der Waals surface area contributed by atoms with Crippen LogP contribution in [0.4, 0.5) is 0 Å². The molecule has 0 aliphatic carbocycles. The van der Waals surface area contributed by atoms with Gasteiger partial charge in [-0.3, -0.25) is 0 Å². The predicted molar refractivity (Wildman–Crippen MR) is 104 cm³/mol. The number of rotatable bonds is 8. The maximum absolute atomic E-state index is 8.86. The average Bonchev–Trinajstić information content (AvgIpc) is 3.13. The summed E-state index contributed by atoms with van der Waals surface area (Å²) < 4.78 is 5.45. The van der Waals surface area contributed by atoms with Crippen LogP contribution in [0.5, 0.6) is 0 Å². The molecular formula is C22H26N2O2. The first-order chi connectivity index (χ1) is 12.7. The van der Waals surface area contributed by atoms with E-state index in [0.29, 0.717) is 17.6 Å². The molecule has 136 valence electrons. The van der Waals surface area contributed by atoms with Crippen LogP contribution in [0, 0.1) is 5.92 Å². The Morgan fingerprint density at radius 2 is 1.54 bits per heavy atom. The molecule has 3 rings (SSSR count). The molecule has 0 aliphatic heterocycles. The number of aryl methyl sites for hydroxylation is 1. The van der Waals surface area contributed by atoms with Gasteiger partial charge in [-0.05, 0) is 54.9 Å². The standard InChI is InChI=1S/C22H26N2O2/c1-16(2)15-18-8-12-20(13-9-18)22-23-21(24-26-22)19-10-6-17(7-11-19)5-3-4-14-25/h6-13,16,25H,3-5,14-15H2,1-2H3. The van der Waals surface area contributed by atoms with Crippen molar-refractivity contribution >= 4 is 0 Å². The van der Waals surface area contributed by atoms with Crippen molar-refractivity contribution in [2.45, 2.75) is 39.5 Å². The van der Waals surface area contributed by atoms with Crippen molar-refractivity contribution in [3.8, 4) is 22.8 Å².